The average molecular weight is 210 g/mol. The summed E-state index contributed by atoms with van der Waals surface area (Å²) in [5, 5.41) is 3.68. The number of piperidine rings is 1. The molecule has 0 bridgehead atoms. The molecular formula is C13H26N2. The molecule has 2 rings (SSSR count). The molecule has 0 amide bonds. The fraction of sp³-hybridized carbons (Fsp3) is 1.00. The molecule has 2 aliphatic heterocycles. The van der Waals surface area contributed by atoms with E-state index >= 15 is 0 Å². The third kappa shape index (κ3) is 2.36. The fourth-order valence-corrected chi connectivity index (χ4v) is 3.11. The van der Waals surface area contributed by atoms with Crippen LogP contribution in [0.4, 0.5) is 0 Å². The molecule has 2 heteroatoms. The number of rotatable bonds is 3. The van der Waals surface area contributed by atoms with E-state index in [1.165, 1.54) is 38.9 Å². The first kappa shape index (κ1) is 11.4. The van der Waals surface area contributed by atoms with Crippen molar-refractivity contribution in [2.75, 3.05) is 19.6 Å². The van der Waals surface area contributed by atoms with Crippen molar-refractivity contribution in [1.29, 1.82) is 0 Å². The number of nitrogens with zero attached hydrogens (tertiary/aromatic N) is 1. The van der Waals surface area contributed by atoms with Gasteiger partial charge in [0.15, 0.2) is 0 Å². The van der Waals surface area contributed by atoms with Crippen LogP contribution >= 0.6 is 0 Å². The molecule has 2 aliphatic rings. The van der Waals surface area contributed by atoms with Crippen LogP contribution in [0.1, 0.15) is 40.0 Å². The Bertz CT molecular complexity index is 191. The van der Waals surface area contributed by atoms with Crippen molar-refractivity contribution in [3.8, 4) is 0 Å². The average Bonchev–Trinajstić information content (AvgIpc) is 2.70. The molecule has 4 unspecified atom stereocenters. The molecule has 0 radical (unpaired) electrons. The van der Waals surface area contributed by atoms with Gasteiger partial charge in [0, 0.05) is 25.2 Å². The van der Waals surface area contributed by atoms with Crippen molar-refractivity contribution < 1.29 is 0 Å². The zero-order valence-corrected chi connectivity index (χ0v) is 10.5. The number of nitrogens with one attached hydrogen (secondary N) is 1. The molecule has 0 saturated carbocycles. The van der Waals surface area contributed by atoms with Crippen LogP contribution < -0.4 is 5.32 Å². The fourth-order valence-electron chi connectivity index (χ4n) is 3.11. The van der Waals surface area contributed by atoms with Gasteiger partial charge in [0.05, 0.1) is 0 Å². The van der Waals surface area contributed by atoms with Crippen molar-refractivity contribution in [2.24, 2.45) is 11.8 Å². The summed E-state index contributed by atoms with van der Waals surface area (Å²) < 4.78 is 0. The zero-order valence-electron chi connectivity index (χ0n) is 10.5. The van der Waals surface area contributed by atoms with Gasteiger partial charge in [0.25, 0.3) is 0 Å². The normalized spacial score (nSPS) is 36.2. The largest absolute Gasteiger partial charge is 0.312 e. The molecule has 2 fully saturated rings. The lowest BCUT2D eigenvalue weighted by Crippen LogP contribution is -2.41. The number of hydrogen-bond donors (Lipinski definition) is 1. The lowest BCUT2D eigenvalue weighted by molar-refractivity contribution is 0.187. The highest BCUT2D eigenvalue weighted by Gasteiger charge is 2.36. The van der Waals surface area contributed by atoms with E-state index in [0.717, 1.165) is 23.9 Å². The van der Waals surface area contributed by atoms with Gasteiger partial charge in [-0.1, -0.05) is 20.3 Å². The van der Waals surface area contributed by atoms with Crippen LogP contribution in [0.5, 0.6) is 0 Å². The minimum absolute atomic E-state index is 0.766. The first-order chi connectivity index (χ1) is 7.22. The maximum Gasteiger partial charge on any atom is 0.0235 e. The van der Waals surface area contributed by atoms with E-state index in [9.17, 15) is 0 Å². The van der Waals surface area contributed by atoms with Gasteiger partial charge in [0.2, 0.25) is 0 Å². The topological polar surface area (TPSA) is 15.3 Å². The summed E-state index contributed by atoms with van der Waals surface area (Å²) in [6, 6.07) is 1.56. The van der Waals surface area contributed by atoms with Gasteiger partial charge >= 0.3 is 0 Å². The first-order valence-electron chi connectivity index (χ1n) is 6.69. The summed E-state index contributed by atoms with van der Waals surface area (Å²) in [6.45, 7) is 11.0. The maximum absolute atomic E-state index is 3.68. The van der Waals surface area contributed by atoms with Gasteiger partial charge in [-0.25, -0.2) is 0 Å². The van der Waals surface area contributed by atoms with Gasteiger partial charge in [-0.3, -0.25) is 4.90 Å². The Morgan fingerprint density at radius 1 is 1.33 bits per heavy atom. The molecule has 0 spiro atoms. The Morgan fingerprint density at radius 2 is 2.13 bits per heavy atom. The van der Waals surface area contributed by atoms with E-state index in [0.29, 0.717) is 0 Å². The molecule has 88 valence electrons. The van der Waals surface area contributed by atoms with Crippen molar-refractivity contribution in [3.63, 3.8) is 0 Å². The highest BCUT2D eigenvalue weighted by Crippen LogP contribution is 2.28. The van der Waals surface area contributed by atoms with Crippen LogP contribution in [-0.4, -0.2) is 36.6 Å². The van der Waals surface area contributed by atoms with E-state index in [4.69, 9.17) is 0 Å². The standard InChI is InChI=1S/C13H26N2/c1-4-10(2)11(3)15-8-12-6-5-7-14-13(12)9-15/h10-14H,4-9H2,1-3H3. The van der Waals surface area contributed by atoms with Crippen LogP contribution in [0.25, 0.3) is 0 Å². The Balaban J connectivity index is 1.90. The summed E-state index contributed by atoms with van der Waals surface area (Å²) in [7, 11) is 0. The number of likely N-dealkylation sites (tertiary alicyclic amines) is 1. The van der Waals surface area contributed by atoms with Gasteiger partial charge in [-0.05, 0) is 38.1 Å². The summed E-state index contributed by atoms with van der Waals surface area (Å²) >= 11 is 0. The monoisotopic (exact) mass is 210 g/mol. The number of hydrogen-bond acceptors (Lipinski definition) is 2. The summed E-state index contributed by atoms with van der Waals surface area (Å²) in [5.74, 6) is 1.77. The second-order valence-electron chi connectivity index (χ2n) is 5.54. The highest BCUT2D eigenvalue weighted by atomic mass is 15.2. The third-order valence-corrected chi connectivity index (χ3v) is 4.67. The third-order valence-electron chi connectivity index (χ3n) is 4.67. The zero-order chi connectivity index (χ0) is 10.8. The molecule has 15 heavy (non-hydrogen) atoms. The van der Waals surface area contributed by atoms with E-state index in [1.807, 2.05) is 0 Å². The SMILES string of the molecule is CCC(C)C(C)N1CC2CCCNC2C1. The molecular weight excluding hydrogens is 184 g/mol. The van der Waals surface area contributed by atoms with Gasteiger partial charge in [-0.2, -0.15) is 0 Å². The summed E-state index contributed by atoms with van der Waals surface area (Å²) in [4.78, 5) is 2.71. The predicted octanol–water partition coefficient (Wildman–Crippen LogP) is 2.10. The highest BCUT2D eigenvalue weighted by molar-refractivity contribution is 4.93. The Morgan fingerprint density at radius 3 is 2.80 bits per heavy atom. The second-order valence-corrected chi connectivity index (χ2v) is 5.54. The summed E-state index contributed by atoms with van der Waals surface area (Å²) in [6.07, 6.45) is 4.13. The van der Waals surface area contributed by atoms with Crippen molar-refractivity contribution in [1.82, 2.24) is 10.2 Å². The first-order valence-corrected chi connectivity index (χ1v) is 6.69. The summed E-state index contributed by atoms with van der Waals surface area (Å²) in [5.41, 5.74) is 0. The van der Waals surface area contributed by atoms with Crippen molar-refractivity contribution >= 4 is 0 Å². The quantitative estimate of drug-likeness (QED) is 0.767. The molecule has 0 aromatic rings. The van der Waals surface area contributed by atoms with Crippen LogP contribution in [0.2, 0.25) is 0 Å². The smallest absolute Gasteiger partial charge is 0.0235 e. The van der Waals surface area contributed by atoms with E-state index in [1.54, 1.807) is 0 Å². The van der Waals surface area contributed by atoms with E-state index in [-0.39, 0.29) is 0 Å². The lowest BCUT2D eigenvalue weighted by atomic mass is 9.94. The lowest BCUT2D eigenvalue weighted by Gasteiger charge is -2.29. The molecule has 0 aromatic carbocycles. The Labute approximate surface area is 94.4 Å². The molecule has 0 aromatic heterocycles. The predicted molar refractivity (Wildman–Crippen MR) is 65.0 cm³/mol. The van der Waals surface area contributed by atoms with Gasteiger partial charge < -0.3 is 5.32 Å². The molecule has 2 heterocycles. The van der Waals surface area contributed by atoms with Crippen LogP contribution in [0.15, 0.2) is 0 Å². The maximum atomic E-state index is 3.68. The minimum Gasteiger partial charge on any atom is -0.312 e. The van der Waals surface area contributed by atoms with Crippen LogP contribution in [0.3, 0.4) is 0 Å². The molecule has 2 saturated heterocycles. The molecule has 4 atom stereocenters. The van der Waals surface area contributed by atoms with E-state index in [2.05, 4.69) is 31.0 Å². The Kier molecular flexibility index (Phi) is 3.68. The van der Waals surface area contributed by atoms with Gasteiger partial charge in [-0.15, -0.1) is 0 Å². The van der Waals surface area contributed by atoms with Crippen molar-refractivity contribution in [3.05, 3.63) is 0 Å². The van der Waals surface area contributed by atoms with Crippen LogP contribution in [0, 0.1) is 11.8 Å². The molecule has 1 N–H and O–H groups in total. The Hall–Kier alpha value is -0.0800. The van der Waals surface area contributed by atoms with Crippen molar-refractivity contribution in [2.45, 2.75) is 52.1 Å². The number of fused-ring (bicyclic) bond motifs is 1. The molecule has 2 nitrogen and oxygen atoms in total. The van der Waals surface area contributed by atoms with Crippen LogP contribution in [-0.2, 0) is 0 Å². The molecule has 0 aliphatic carbocycles. The minimum atomic E-state index is 0.766. The van der Waals surface area contributed by atoms with E-state index < -0.39 is 0 Å². The van der Waals surface area contributed by atoms with Gasteiger partial charge in [0.1, 0.15) is 0 Å². The second kappa shape index (κ2) is 4.84.